The lowest BCUT2D eigenvalue weighted by Crippen LogP contribution is -2.48. The molecule has 2 heterocycles. The van der Waals surface area contributed by atoms with Crippen LogP contribution in [0, 0.1) is 0 Å². The van der Waals surface area contributed by atoms with Crippen molar-refractivity contribution >= 4 is 0 Å². The predicted octanol–water partition coefficient (Wildman–Crippen LogP) is 1.47. The van der Waals surface area contributed by atoms with Gasteiger partial charge in [0.1, 0.15) is 0 Å². The van der Waals surface area contributed by atoms with Crippen molar-refractivity contribution in [3.63, 3.8) is 0 Å². The highest BCUT2D eigenvalue weighted by Gasteiger charge is 2.42. The Morgan fingerprint density at radius 2 is 1.93 bits per heavy atom. The molecule has 0 amide bonds. The van der Waals surface area contributed by atoms with Gasteiger partial charge in [0.25, 0.3) is 0 Å². The SMILES string of the molecule is C1CCC2(C1)CCC(CNC1COC1)O2. The summed E-state index contributed by atoms with van der Waals surface area (Å²) < 4.78 is 11.4. The van der Waals surface area contributed by atoms with Crippen molar-refractivity contribution in [3.8, 4) is 0 Å². The molecule has 1 N–H and O–H groups in total. The Morgan fingerprint density at radius 1 is 1.13 bits per heavy atom. The van der Waals surface area contributed by atoms with E-state index in [-0.39, 0.29) is 0 Å². The molecule has 86 valence electrons. The maximum absolute atomic E-state index is 6.23. The third-order valence-corrected chi connectivity index (χ3v) is 4.13. The third-order valence-electron chi connectivity index (χ3n) is 4.13. The van der Waals surface area contributed by atoms with Crippen molar-refractivity contribution in [2.24, 2.45) is 0 Å². The lowest BCUT2D eigenvalue weighted by atomic mass is 9.98. The van der Waals surface area contributed by atoms with Gasteiger partial charge in [-0.2, -0.15) is 0 Å². The summed E-state index contributed by atoms with van der Waals surface area (Å²) in [6.45, 7) is 2.80. The smallest absolute Gasteiger partial charge is 0.0708 e. The fourth-order valence-electron chi connectivity index (χ4n) is 3.08. The van der Waals surface area contributed by atoms with Crippen LogP contribution in [0.3, 0.4) is 0 Å². The summed E-state index contributed by atoms with van der Waals surface area (Å²) >= 11 is 0. The van der Waals surface area contributed by atoms with E-state index in [0.717, 1.165) is 19.8 Å². The van der Waals surface area contributed by atoms with Crippen LogP contribution in [0.5, 0.6) is 0 Å². The Labute approximate surface area is 91.5 Å². The predicted molar refractivity (Wildman–Crippen MR) is 57.9 cm³/mol. The summed E-state index contributed by atoms with van der Waals surface area (Å²) in [6.07, 6.45) is 8.35. The first-order valence-corrected chi connectivity index (χ1v) is 6.35. The molecule has 3 aliphatic rings. The molecule has 3 nitrogen and oxygen atoms in total. The van der Waals surface area contributed by atoms with Gasteiger partial charge in [-0.25, -0.2) is 0 Å². The molecule has 3 rings (SSSR count). The Bertz CT molecular complexity index is 222. The van der Waals surface area contributed by atoms with Gasteiger partial charge in [-0.1, -0.05) is 12.8 Å². The number of rotatable bonds is 3. The van der Waals surface area contributed by atoms with Gasteiger partial charge in [0.15, 0.2) is 0 Å². The van der Waals surface area contributed by atoms with Gasteiger partial charge in [0.2, 0.25) is 0 Å². The van der Waals surface area contributed by atoms with Gasteiger partial charge in [-0.3, -0.25) is 0 Å². The van der Waals surface area contributed by atoms with E-state index in [1.807, 2.05) is 0 Å². The maximum Gasteiger partial charge on any atom is 0.0708 e. The van der Waals surface area contributed by atoms with E-state index in [1.54, 1.807) is 0 Å². The first-order valence-electron chi connectivity index (χ1n) is 6.35. The lowest BCUT2D eigenvalue weighted by molar-refractivity contribution is -0.0468. The summed E-state index contributed by atoms with van der Waals surface area (Å²) in [5, 5.41) is 3.52. The fourth-order valence-corrected chi connectivity index (χ4v) is 3.08. The summed E-state index contributed by atoms with van der Waals surface area (Å²) in [5.41, 5.74) is 0.294. The van der Waals surface area contributed by atoms with Crippen LogP contribution in [0.15, 0.2) is 0 Å². The van der Waals surface area contributed by atoms with Gasteiger partial charge in [-0.15, -0.1) is 0 Å². The Balaban J connectivity index is 1.44. The maximum atomic E-state index is 6.23. The number of hydrogen-bond acceptors (Lipinski definition) is 3. The van der Waals surface area contributed by atoms with E-state index < -0.39 is 0 Å². The molecular formula is C12H21NO2. The molecule has 2 saturated heterocycles. The quantitative estimate of drug-likeness (QED) is 0.766. The number of hydrogen-bond donors (Lipinski definition) is 1. The largest absolute Gasteiger partial charge is 0.378 e. The molecule has 1 aliphatic carbocycles. The van der Waals surface area contributed by atoms with Crippen LogP contribution in [0.2, 0.25) is 0 Å². The molecule has 1 unspecified atom stereocenters. The van der Waals surface area contributed by atoms with E-state index in [9.17, 15) is 0 Å². The summed E-state index contributed by atoms with van der Waals surface area (Å²) in [7, 11) is 0. The average Bonchev–Trinajstić information content (AvgIpc) is 2.76. The first kappa shape index (κ1) is 10.1. The van der Waals surface area contributed by atoms with E-state index in [2.05, 4.69) is 5.32 Å². The third kappa shape index (κ3) is 2.05. The molecule has 0 aromatic carbocycles. The van der Waals surface area contributed by atoms with Crippen molar-refractivity contribution < 1.29 is 9.47 Å². The van der Waals surface area contributed by atoms with Crippen molar-refractivity contribution in [3.05, 3.63) is 0 Å². The molecule has 0 aromatic rings. The Morgan fingerprint density at radius 3 is 2.60 bits per heavy atom. The molecule has 0 radical (unpaired) electrons. The molecule has 3 heteroatoms. The first-order chi connectivity index (χ1) is 7.36. The zero-order chi connectivity index (χ0) is 10.1. The minimum Gasteiger partial charge on any atom is -0.378 e. The Hall–Kier alpha value is -0.120. The van der Waals surface area contributed by atoms with Gasteiger partial charge in [0, 0.05) is 6.54 Å². The monoisotopic (exact) mass is 211 g/mol. The number of nitrogens with one attached hydrogen (secondary N) is 1. The van der Waals surface area contributed by atoms with Crippen LogP contribution in [0.1, 0.15) is 38.5 Å². The Kier molecular flexibility index (Phi) is 2.71. The summed E-state index contributed by atoms with van der Waals surface area (Å²) in [4.78, 5) is 0. The van der Waals surface area contributed by atoms with Crippen LogP contribution in [-0.4, -0.2) is 37.5 Å². The minimum absolute atomic E-state index is 0.294. The number of ether oxygens (including phenoxy) is 2. The molecule has 1 saturated carbocycles. The van der Waals surface area contributed by atoms with Crippen LogP contribution >= 0.6 is 0 Å². The molecule has 1 spiro atoms. The van der Waals surface area contributed by atoms with Crippen LogP contribution in [-0.2, 0) is 9.47 Å². The van der Waals surface area contributed by atoms with E-state index in [4.69, 9.17) is 9.47 Å². The van der Waals surface area contributed by atoms with E-state index in [0.29, 0.717) is 17.7 Å². The standard InChI is InChI=1S/C12H21NO2/c1-2-5-12(4-1)6-3-11(15-12)7-13-10-8-14-9-10/h10-11,13H,1-9H2. The molecular weight excluding hydrogens is 190 g/mol. The normalized spacial score (nSPS) is 34.8. The second-order valence-corrected chi connectivity index (χ2v) is 5.31. The van der Waals surface area contributed by atoms with Crippen LogP contribution < -0.4 is 5.32 Å². The molecule has 0 bridgehead atoms. The van der Waals surface area contributed by atoms with Crippen molar-refractivity contribution in [2.75, 3.05) is 19.8 Å². The van der Waals surface area contributed by atoms with Crippen LogP contribution in [0.25, 0.3) is 0 Å². The summed E-state index contributed by atoms with van der Waals surface area (Å²) in [5.74, 6) is 0. The molecule has 0 aromatic heterocycles. The highest BCUT2D eigenvalue weighted by atomic mass is 16.5. The molecule has 15 heavy (non-hydrogen) atoms. The zero-order valence-electron chi connectivity index (χ0n) is 9.34. The molecule has 2 aliphatic heterocycles. The summed E-state index contributed by atoms with van der Waals surface area (Å²) in [6, 6.07) is 0.591. The van der Waals surface area contributed by atoms with E-state index in [1.165, 1.54) is 38.5 Å². The minimum atomic E-state index is 0.294. The second-order valence-electron chi connectivity index (χ2n) is 5.31. The lowest BCUT2D eigenvalue weighted by Gasteiger charge is -2.29. The van der Waals surface area contributed by atoms with Crippen LogP contribution in [0.4, 0.5) is 0 Å². The topological polar surface area (TPSA) is 30.5 Å². The molecule has 1 atom stereocenters. The zero-order valence-corrected chi connectivity index (χ0v) is 9.34. The highest BCUT2D eigenvalue weighted by molar-refractivity contribution is 4.93. The molecule has 3 fully saturated rings. The van der Waals surface area contributed by atoms with Gasteiger partial charge >= 0.3 is 0 Å². The van der Waals surface area contributed by atoms with E-state index >= 15 is 0 Å². The van der Waals surface area contributed by atoms with Crippen molar-refractivity contribution in [2.45, 2.75) is 56.3 Å². The van der Waals surface area contributed by atoms with Crippen molar-refractivity contribution in [1.82, 2.24) is 5.32 Å². The van der Waals surface area contributed by atoms with Gasteiger partial charge in [0.05, 0.1) is 31.0 Å². The average molecular weight is 211 g/mol. The fraction of sp³-hybridized carbons (Fsp3) is 1.00. The van der Waals surface area contributed by atoms with Crippen molar-refractivity contribution in [1.29, 1.82) is 0 Å². The highest BCUT2D eigenvalue weighted by Crippen LogP contribution is 2.43. The van der Waals surface area contributed by atoms with Gasteiger partial charge in [-0.05, 0) is 25.7 Å². The second kappa shape index (κ2) is 4.04. The van der Waals surface area contributed by atoms with Gasteiger partial charge < -0.3 is 14.8 Å².